The van der Waals surface area contributed by atoms with E-state index in [0.29, 0.717) is 32.0 Å². The highest BCUT2D eigenvalue weighted by atomic mass is 79.9. The molecule has 0 aliphatic rings. The molecule has 2 aromatic heterocycles. The van der Waals surface area contributed by atoms with Crippen LogP contribution in [0.1, 0.15) is 10.4 Å². The first-order valence-electron chi connectivity index (χ1n) is 9.86. The second-order valence-electron chi connectivity index (χ2n) is 7.20. The van der Waals surface area contributed by atoms with E-state index in [1.165, 1.54) is 11.3 Å². The van der Waals surface area contributed by atoms with Crippen molar-refractivity contribution in [2.45, 2.75) is 0 Å². The Balaban J connectivity index is 1.50. The molecule has 0 unspecified atom stereocenters. The number of amides is 1. The van der Waals surface area contributed by atoms with Gasteiger partial charge in [-0.25, -0.2) is 9.97 Å². The summed E-state index contributed by atoms with van der Waals surface area (Å²) in [5.41, 5.74) is 4.40. The Morgan fingerprint density at radius 2 is 1.61 bits per heavy atom. The van der Waals surface area contributed by atoms with Gasteiger partial charge in [0, 0.05) is 26.4 Å². The molecule has 3 aromatic carbocycles. The molecule has 33 heavy (non-hydrogen) atoms. The molecule has 0 atom stereocenters. The van der Waals surface area contributed by atoms with Crippen LogP contribution in [0.4, 0.5) is 5.13 Å². The van der Waals surface area contributed by atoms with Crippen molar-refractivity contribution in [2.75, 3.05) is 5.32 Å². The lowest BCUT2D eigenvalue weighted by atomic mass is 10.0. The van der Waals surface area contributed by atoms with Crippen molar-refractivity contribution < 1.29 is 4.79 Å². The largest absolute Gasteiger partial charge is 0.298 e. The van der Waals surface area contributed by atoms with Gasteiger partial charge in [0.25, 0.3) is 5.91 Å². The Morgan fingerprint density at radius 3 is 2.39 bits per heavy atom. The standard InChI is InChI=1S/C25H14BrCl2N3OS/c26-16-8-5-14(6-9-16)23-13-33-25(30-23)31-24(32)18-12-22(15-7-10-19(27)20(28)11-15)29-21-4-2-1-3-17(18)21/h1-13H,(H,30,31,32). The highest BCUT2D eigenvalue weighted by molar-refractivity contribution is 9.10. The van der Waals surface area contributed by atoms with Crippen molar-refractivity contribution in [3.05, 3.63) is 98.3 Å². The van der Waals surface area contributed by atoms with Crippen LogP contribution in [0.3, 0.4) is 0 Å². The molecule has 8 heteroatoms. The molecule has 4 nitrogen and oxygen atoms in total. The molecule has 162 valence electrons. The Kier molecular flexibility index (Phi) is 6.17. The van der Waals surface area contributed by atoms with Gasteiger partial charge in [-0.3, -0.25) is 10.1 Å². The molecule has 2 heterocycles. The molecule has 0 fully saturated rings. The number of nitrogens with zero attached hydrogens (tertiary/aromatic N) is 2. The van der Waals surface area contributed by atoms with Crippen LogP contribution >= 0.6 is 50.5 Å². The molecule has 0 aliphatic heterocycles. The summed E-state index contributed by atoms with van der Waals surface area (Å²) in [4.78, 5) is 22.6. The molecule has 0 spiro atoms. The zero-order valence-corrected chi connectivity index (χ0v) is 20.8. The van der Waals surface area contributed by atoms with Gasteiger partial charge in [0.2, 0.25) is 0 Å². The van der Waals surface area contributed by atoms with Crippen molar-refractivity contribution in [1.82, 2.24) is 9.97 Å². The van der Waals surface area contributed by atoms with E-state index in [1.54, 1.807) is 18.2 Å². The van der Waals surface area contributed by atoms with Gasteiger partial charge in [-0.1, -0.05) is 75.5 Å². The summed E-state index contributed by atoms with van der Waals surface area (Å²) in [5, 5.41) is 7.02. The first-order valence-corrected chi connectivity index (χ1v) is 12.3. The fourth-order valence-corrected chi connectivity index (χ4v) is 4.69. The van der Waals surface area contributed by atoms with E-state index in [2.05, 4.69) is 26.2 Å². The van der Waals surface area contributed by atoms with Crippen molar-refractivity contribution in [3.63, 3.8) is 0 Å². The average molecular weight is 555 g/mol. The van der Waals surface area contributed by atoms with Crippen molar-refractivity contribution in [2.24, 2.45) is 0 Å². The summed E-state index contributed by atoms with van der Waals surface area (Å²) in [5.74, 6) is -0.258. The lowest BCUT2D eigenvalue weighted by molar-refractivity contribution is 0.102. The maximum atomic E-state index is 13.3. The molecule has 0 aliphatic carbocycles. The van der Waals surface area contributed by atoms with Crippen molar-refractivity contribution in [3.8, 4) is 22.5 Å². The summed E-state index contributed by atoms with van der Waals surface area (Å²) in [6.07, 6.45) is 0. The predicted molar refractivity (Wildman–Crippen MR) is 140 cm³/mol. The number of fused-ring (bicyclic) bond motifs is 1. The zero-order valence-electron chi connectivity index (χ0n) is 16.9. The van der Waals surface area contributed by atoms with Gasteiger partial charge in [0.1, 0.15) is 0 Å². The number of carbonyl (C=O) groups is 1. The fraction of sp³-hybridized carbons (Fsp3) is 0. The van der Waals surface area contributed by atoms with E-state index in [1.807, 2.05) is 60.0 Å². The Morgan fingerprint density at radius 1 is 0.848 bits per heavy atom. The quantitative estimate of drug-likeness (QED) is 0.243. The minimum atomic E-state index is -0.258. The van der Waals surface area contributed by atoms with Crippen LogP contribution in [0.25, 0.3) is 33.4 Å². The van der Waals surface area contributed by atoms with Crippen LogP contribution in [0.5, 0.6) is 0 Å². The summed E-state index contributed by atoms with van der Waals surface area (Å²) < 4.78 is 0.998. The number of nitrogens with one attached hydrogen (secondary N) is 1. The molecule has 0 saturated heterocycles. The van der Waals surface area contributed by atoms with Gasteiger partial charge in [0.15, 0.2) is 5.13 Å². The Bertz CT molecular complexity index is 1500. The average Bonchev–Trinajstić information content (AvgIpc) is 3.29. The van der Waals surface area contributed by atoms with Gasteiger partial charge in [0.05, 0.1) is 32.5 Å². The number of halogens is 3. The summed E-state index contributed by atoms with van der Waals surface area (Å²) in [6.45, 7) is 0. The van der Waals surface area contributed by atoms with Crippen LogP contribution in [-0.2, 0) is 0 Å². The molecule has 0 bridgehead atoms. The zero-order chi connectivity index (χ0) is 22.9. The van der Waals surface area contributed by atoms with Gasteiger partial charge in [-0.2, -0.15) is 0 Å². The van der Waals surface area contributed by atoms with Gasteiger partial charge < -0.3 is 0 Å². The second kappa shape index (κ2) is 9.23. The smallest absolute Gasteiger partial charge is 0.258 e. The first-order chi connectivity index (χ1) is 16.0. The molecular formula is C25H14BrCl2N3OS. The maximum absolute atomic E-state index is 13.3. The first kappa shape index (κ1) is 22.0. The Hall–Kier alpha value is -2.77. The number of anilines is 1. The van der Waals surface area contributed by atoms with E-state index in [0.717, 1.165) is 26.7 Å². The fourth-order valence-electron chi connectivity index (χ4n) is 3.42. The third-order valence-corrected chi connectivity index (χ3v) is 7.07. The summed E-state index contributed by atoms with van der Waals surface area (Å²) >= 11 is 17.1. The molecule has 5 rings (SSSR count). The highest BCUT2D eigenvalue weighted by Crippen LogP contribution is 2.31. The maximum Gasteiger partial charge on any atom is 0.258 e. The lowest BCUT2D eigenvalue weighted by Crippen LogP contribution is -2.13. The molecular weight excluding hydrogens is 541 g/mol. The SMILES string of the molecule is O=C(Nc1nc(-c2ccc(Br)cc2)cs1)c1cc(-c2ccc(Cl)c(Cl)c2)nc2ccccc12. The molecule has 0 radical (unpaired) electrons. The van der Waals surface area contributed by atoms with Crippen molar-refractivity contribution in [1.29, 1.82) is 0 Å². The van der Waals surface area contributed by atoms with Gasteiger partial charge in [-0.15, -0.1) is 11.3 Å². The van der Waals surface area contributed by atoms with Crippen LogP contribution in [0.2, 0.25) is 10.0 Å². The number of aromatic nitrogens is 2. The normalized spacial score (nSPS) is 11.0. The third kappa shape index (κ3) is 4.66. The van der Waals surface area contributed by atoms with Crippen LogP contribution < -0.4 is 5.32 Å². The minimum Gasteiger partial charge on any atom is -0.298 e. The summed E-state index contributed by atoms with van der Waals surface area (Å²) in [6, 6.07) is 22.5. The van der Waals surface area contributed by atoms with E-state index >= 15 is 0 Å². The monoisotopic (exact) mass is 553 g/mol. The van der Waals surface area contributed by atoms with Crippen LogP contribution in [-0.4, -0.2) is 15.9 Å². The minimum absolute atomic E-state index is 0.258. The topological polar surface area (TPSA) is 54.9 Å². The van der Waals surface area contributed by atoms with Gasteiger partial charge in [-0.05, 0) is 36.4 Å². The molecule has 1 N–H and O–H groups in total. The predicted octanol–water partition coefficient (Wildman–Crippen LogP) is 8.35. The second-order valence-corrected chi connectivity index (χ2v) is 9.79. The molecule has 0 saturated carbocycles. The number of carbonyl (C=O) groups excluding carboxylic acids is 1. The van der Waals surface area contributed by atoms with Crippen LogP contribution in [0, 0.1) is 0 Å². The highest BCUT2D eigenvalue weighted by Gasteiger charge is 2.16. The number of rotatable bonds is 4. The Labute approximate surface area is 212 Å². The number of hydrogen-bond acceptors (Lipinski definition) is 4. The molecule has 5 aromatic rings. The number of benzene rings is 3. The van der Waals surface area contributed by atoms with E-state index < -0.39 is 0 Å². The van der Waals surface area contributed by atoms with Crippen LogP contribution in [0.15, 0.2) is 82.6 Å². The molecule has 1 amide bonds. The third-order valence-electron chi connectivity index (χ3n) is 5.04. The number of hydrogen-bond donors (Lipinski definition) is 1. The summed E-state index contributed by atoms with van der Waals surface area (Å²) in [7, 11) is 0. The number of para-hydroxylation sites is 1. The number of thiazole rings is 1. The number of pyridine rings is 1. The van der Waals surface area contributed by atoms with Crippen molar-refractivity contribution >= 4 is 72.4 Å². The van der Waals surface area contributed by atoms with E-state index in [-0.39, 0.29) is 5.91 Å². The van der Waals surface area contributed by atoms with E-state index in [9.17, 15) is 4.79 Å². The lowest BCUT2D eigenvalue weighted by Gasteiger charge is -2.10. The van der Waals surface area contributed by atoms with Gasteiger partial charge >= 0.3 is 0 Å². The van der Waals surface area contributed by atoms with E-state index in [4.69, 9.17) is 28.2 Å².